The van der Waals surface area contributed by atoms with Crippen LogP contribution in [0.1, 0.15) is 36.1 Å². The van der Waals surface area contributed by atoms with Crippen molar-refractivity contribution in [3.8, 4) is 0 Å². The number of nitrogens with zero attached hydrogens (tertiary/aromatic N) is 1. The summed E-state index contributed by atoms with van der Waals surface area (Å²) in [4.78, 5) is 2.28. The second kappa shape index (κ2) is 5.45. The highest BCUT2D eigenvalue weighted by molar-refractivity contribution is 6.30. The zero-order valence-electron chi connectivity index (χ0n) is 12.4. The molecule has 3 rings (SSSR count). The molecule has 110 valence electrons. The summed E-state index contributed by atoms with van der Waals surface area (Å²) in [5, 5.41) is 11.4. The number of fused-ring (bicyclic) bond motifs is 1. The molecule has 0 aromatic heterocycles. The lowest BCUT2D eigenvalue weighted by Gasteiger charge is -2.26. The van der Waals surface area contributed by atoms with Gasteiger partial charge >= 0.3 is 0 Å². The summed E-state index contributed by atoms with van der Waals surface area (Å²) in [6.07, 6.45) is 0.700. The first kappa shape index (κ1) is 14.6. The molecular formula is C18H20ClNO. The molecule has 0 aliphatic heterocycles. The Morgan fingerprint density at radius 2 is 1.95 bits per heavy atom. The molecule has 3 heteroatoms. The summed E-state index contributed by atoms with van der Waals surface area (Å²) >= 11 is 6.15. The standard InChI is InChI=1S/C18H20ClNO/c1-18(21)11-17(15-10-14(19)8-9-16(15)18)20(2)12-13-6-4-3-5-7-13/h3-10,17,21H,11-12H2,1-2H3. The van der Waals surface area contributed by atoms with Crippen LogP contribution in [0.25, 0.3) is 0 Å². The van der Waals surface area contributed by atoms with Crippen molar-refractivity contribution >= 4 is 11.6 Å². The van der Waals surface area contributed by atoms with Crippen LogP contribution in [0.5, 0.6) is 0 Å². The molecule has 2 unspecified atom stereocenters. The predicted molar refractivity (Wildman–Crippen MR) is 86.3 cm³/mol. The van der Waals surface area contributed by atoms with Crippen LogP contribution in [0.4, 0.5) is 0 Å². The zero-order valence-corrected chi connectivity index (χ0v) is 13.1. The maximum absolute atomic E-state index is 10.7. The van der Waals surface area contributed by atoms with Crippen molar-refractivity contribution in [3.05, 3.63) is 70.2 Å². The Balaban J connectivity index is 1.89. The van der Waals surface area contributed by atoms with Gasteiger partial charge in [0.15, 0.2) is 0 Å². The van der Waals surface area contributed by atoms with Crippen LogP contribution in [0.2, 0.25) is 5.02 Å². The Hall–Kier alpha value is -1.35. The van der Waals surface area contributed by atoms with E-state index in [-0.39, 0.29) is 6.04 Å². The molecule has 2 nitrogen and oxygen atoms in total. The van der Waals surface area contributed by atoms with Crippen LogP contribution in [0.3, 0.4) is 0 Å². The van der Waals surface area contributed by atoms with E-state index in [4.69, 9.17) is 11.6 Å². The summed E-state index contributed by atoms with van der Waals surface area (Å²) in [6, 6.07) is 16.4. The van der Waals surface area contributed by atoms with Gasteiger partial charge in [-0.2, -0.15) is 0 Å². The van der Waals surface area contributed by atoms with Crippen molar-refractivity contribution in [2.24, 2.45) is 0 Å². The van der Waals surface area contributed by atoms with Crippen LogP contribution in [0.15, 0.2) is 48.5 Å². The van der Waals surface area contributed by atoms with Crippen LogP contribution in [-0.2, 0) is 12.1 Å². The van der Waals surface area contributed by atoms with E-state index in [0.29, 0.717) is 6.42 Å². The number of halogens is 1. The van der Waals surface area contributed by atoms with Crippen molar-refractivity contribution in [2.75, 3.05) is 7.05 Å². The SMILES string of the molecule is CN(Cc1ccccc1)C1CC(C)(O)c2ccc(Cl)cc21. The Labute approximate surface area is 131 Å². The van der Waals surface area contributed by atoms with E-state index >= 15 is 0 Å². The topological polar surface area (TPSA) is 23.5 Å². The van der Waals surface area contributed by atoms with E-state index in [1.165, 1.54) is 5.56 Å². The van der Waals surface area contributed by atoms with Gasteiger partial charge in [-0.05, 0) is 49.2 Å². The Bertz CT molecular complexity index is 639. The summed E-state index contributed by atoms with van der Waals surface area (Å²) in [6.45, 7) is 2.74. The van der Waals surface area contributed by atoms with Crippen molar-refractivity contribution in [1.29, 1.82) is 0 Å². The highest BCUT2D eigenvalue weighted by Crippen LogP contribution is 2.46. The molecular weight excluding hydrogens is 282 g/mol. The van der Waals surface area contributed by atoms with Gasteiger partial charge in [-0.3, -0.25) is 4.90 Å². The number of aliphatic hydroxyl groups is 1. The fourth-order valence-electron chi connectivity index (χ4n) is 3.27. The van der Waals surface area contributed by atoms with E-state index in [0.717, 1.165) is 22.7 Å². The minimum absolute atomic E-state index is 0.189. The summed E-state index contributed by atoms with van der Waals surface area (Å²) in [7, 11) is 2.10. The van der Waals surface area contributed by atoms with E-state index in [2.05, 4.69) is 36.2 Å². The van der Waals surface area contributed by atoms with Crippen molar-refractivity contribution < 1.29 is 5.11 Å². The molecule has 0 saturated heterocycles. The fourth-order valence-corrected chi connectivity index (χ4v) is 3.45. The van der Waals surface area contributed by atoms with Gasteiger partial charge in [-0.15, -0.1) is 0 Å². The third-order valence-corrected chi connectivity index (χ3v) is 4.59. The lowest BCUT2D eigenvalue weighted by Crippen LogP contribution is -2.25. The smallest absolute Gasteiger partial charge is 0.0890 e. The maximum atomic E-state index is 10.7. The van der Waals surface area contributed by atoms with E-state index in [9.17, 15) is 5.11 Å². The number of benzene rings is 2. The first-order valence-corrected chi connectivity index (χ1v) is 7.61. The highest BCUT2D eigenvalue weighted by atomic mass is 35.5. The van der Waals surface area contributed by atoms with Crippen LogP contribution in [-0.4, -0.2) is 17.1 Å². The van der Waals surface area contributed by atoms with Crippen LogP contribution >= 0.6 is 11.6 Å². The Morgan fingerprint density at radius 3 is 2.67 bits per heavy atom. The fraction of sp³-hybridized carbons (Fsp3) is 0.333. The molecule has 0 amide bonds. The molecule has 0 spiro atoms. The van der Waals surface area contributed by atoms with E-state index in [1.54, 1.807) is 0 Å². The largest absolute Gasteiger partial charge is 0.385 e. The highest BCUT2D eigenvalue weighted by Gasteiger charge is 2.40. The molecule has 21 heavy (non-hydrogen) atoms. The predicted octanol–water partition coefficient (Wildman–Crippen LogP) is 4.12. The quantitative estimate of drug-likeness (QED) is 0.921. The summed E-state index contributed by atoms with van der Waals surface area (Å²) in [5.74, 6) is 0. The molecule has 0 bridgehead atoms. The summed E-state index contributed by atoms with van der Waals surface area (Å²) < 4.78 is 0. The average molecular weight is 302 g/mol. The molecule has 0 heterocycles. The van der Waals surface area contributed by atoms with Gasteiger partial charge in [0, 0.05) is 17.6 Å². The minimum Gasteiger partial charge on any atom is -0.385 e. The maximum Gasteiger partial charge on any atom is 0.0890 e. The Morgan fingerprint density at radius 1 is 1.24 bits per heavy atom. The molecule has 2 aromatic carbocycles. The molecule has 0 radical (unpaired) electrons. The Kier molecular flexibility index (Phi) is 3.78. The van der Waals surface area contributed by atoms with Crippen LogP contribution < -0.4 is 0 Å². The van der Waals surface area contributed by atoms with Gasteiger partial charge in [0.25, 0.3) is 0 Å². The molecule has 1 aliphatic rings. The molecule has 1 aliphatic carbocycles. The third kappa shape index (κ3) is 2.84. The normalized spacial score (nSPS) is 24.3. The van der Waals surface area contributed by atoms with Crippen LogP contribution in [0, 0.1) is 0 Å². The monoisotopic (exact) mass is 301 g/mol. The van der Waals surface area contributed by atoms with E-state index in [1.807, 2.05) is 31.2 Å². The van der Waals surface area contributed by atoms with Crippen molar-refractivity contribution in [2.45, 2.75) is 31.5 Å². The number of hydrogen-bond donors (Lipinski definition) is 1. The number of rotatable bonds is 3. The van der Waals surface area contributed by atoms with Gasteiger partial charge in [0.05, 0.1) is 5.60 Å². The van der Waals surface area contributed by atoms with Gasteiger partial charge in [0.1, 0.15) is 0 Å². The lowest BCUT2D eigenvalue weighted by molar-refractivity contribution is 0.0365. The molecule has 0 fully saturated rings. The minimum atomic E-state index is -0.782. The van der Waals surface area contributed by atoms with E-state index < -0.39 is 5.60 Å². The van der Waals surface area contributed by atoms with Gasteiger partial charge < -0.3 is 5.11 Å². The second-order valence-electron chi connectivity index (χ2n) is 6.13. The van der Waals surface area contributed by atoms with Gasteiger partial charge in [-0.25, -0.2) is 0 Å². The van der Waals surface area contributed by atoms with Crippen molar-refractivity contribution in [1.82, 2.24) is 4.90 Å². The lowest BCUT2D eigenvalue weighted by atomic mass is 9.99. The van der Waals surface area contributed by atoms with Gasteiger partial charge in [0.2, 0.25) is 0 Å². The third-order valence-electron chi connectivity index (χ3n) is 4.35. The molecule has 0 saturated carbocycles. The average Bonchev–Trinajstić information content (AvgIpc) is 2.71. The van der Waals surface area contributed by atoms with Gasteiger partial charge in [-0.1, -0.05) is 48.0 Å². The van der Waals surface area contributed by atoms with Crippen molar-refractivity contribution in [3.63, 3.8) is 0 Å². The summed E-state index contributed by atoms with van der Waals surface area (Å²) in [5.41, 5.74) is 2.63. The second-order valence-corrected chi connectivity index (χ2v) is 6.56. The molecule has 2 atom stereocenters. The number of hydrogen-bond acceptors (Lipinski definition) is 2. The molecule has 2 aromatic rings. The molecule has 1 N–H and O–H groups in total. The first-order valence-electron chi connectivity index (χ1n) is 7.24. The first-order chi connectivity index (χ1) is 9.97. The zero-order chi connectivity index (χ0) is 15.0.